The Hall–Kier alpha value is -7.84. The van der Waals surface area contributed by atoms with E-state index in [1.54, 1.807) is 12.7 Å². The van der Waals surface area contributed by atoms with Crippen LogP contribution < -0.4 is 0 Å². The number of H-pyrrole nitrogens is 2. The van der Waals surface area contributed by atoms with Crippen molar-refractivity contribution in [3.63, 3.8) is 0 Å². The Bertz CT molecular complexity index is 2320. The van der Waals surface area contributed by atoms with Crippen LogP contribution in [0.4, 0.5) is 0 Å². The maximum absolute atomic E-state index is 9.55. The Morgan fingerprint density at radius 1 is 0.500 bits per heavy atom. The summed E-state index contributed by atoms with van der Waals surface area (Å²) < 4.78 is 0. The third-order valence-corrected chi connectivity index (χ3v) is 10.4. The van der Waals surface area contributed by atoms with Crippen LogP contribution in [0.25, 0.3) is 22.5 Å². The van der Waals surface area contributed by atoms with Crippen molar-refractivity contribution >= 4 is 58.5 Å². The maximum atomic E-state index is 9.55. The number of aromatic amines is 2. The van der Waals surface area contributed by atoms with Gasteiger partial charge < -0.3 is 40.6 Å². The van der Waals surface area contributed by atoms with E-state index >= 15 is 0 Å². The lowest BCUT2D eigenvalue weighted by atomic mass is 10.1. The summed E-state index contributed by atoms with van der Waals surface area (Å²) in [5, 5.41) is 49.3. The molecule has 2 aliphatic rings. The van der Waals surface area contributed by atoms with E-state index in [2.05, 4.69) is 68.5 Å². The number of aryl methyl sites for hydroxylation is 4. The summed E-state index contributed by atoms with van der Waals surface area (Å²) in [4.78, 5) is 84.1. The van der Waals surface area contributed by atoms with E-state index in [1.807, 2.05) is 35.1 Å². The number of fused-ring (bicyclic) bond motifs is 6. The highest BCUT2D eigenvalue weighted by atomic mass is 32.1. The summed E-state index contributed by atoms with van der Waals surface area (Å²) in [6.45, 7) is 0. The molecule has 6 aromatic rings. The highest BCUT2D eigenvalue weighted by molar-refractivity contribution is 7.12. The first-order chi connectivity index (χ1) is 29.7. The van der Waals surface area contributed by atoms with Gasteiger partial charge in [0.2, 0.25) is 0 Å². The van der Waals surface area contributed by atoms with Gasteiger partial charge in [0, 0.05) is 107 Å². The van der Waals surface area contributed by atoms with Crippen LogP contribution in [0.2, 0.25) is 0 Å². The van der Waals surface area contributed by atoms with Crippen molar-refractivity contribution in [3.05, 3.63) is 152 Å². The zero-order chi connectivity index (χ0) is 45.0. The smallest absolute Gasteiger partial charge is 0.328 e. The van der Waals surface area contributed by atoms with Gasteiger partial charge in [-0.2, -0.15) is 0 Å². The molecule has 0 amide bonds. The van der Waals surface area contributed by atoms with Crippen LogP contribution in [0.5, 0.6) is 0 Å². The van der Waals surface area contributed by atoms with E-state index < -0.39 is 35.8 Å². The van der Waals surface area contributed by atoms with Gasteiger partial charge in [0.05, 0.1) is 34.1 Å². The van der Waals surface area contributed by atoms with Crippen molar-refractivity contribution in [2.45, 2.75) is 38.5 Å². The molecule has 0 atom stereocenters. The molecule has 2 aromatic carbocycles. The Balaban J connectivity index is 0.000000184. The number of rotatable bonds is 12. The lowest BCUT2D eigenvalue weighted by Gasteiger charge is -1.98. The van der Waals surface area contributed by atoms with E-state index in [1.165, 1.54) is 64.8 Å². The Labute approximate surface area is 360 Å². The van der Waals surface area contributed by atoms with Gasteiger partial charge in [0.25, 0.3) is 0 Å². The van der Waals surface area contributed by atoms with Gasteiger partial charge >= 0.3 is 35.8 Å². The van der Waals surface area contributed by atoms with Crippen LogP contribution in [0.15, 0.2) is 110 Å². The lowest BCUT2D eigenvalue weighted by molar-refractivity contribution is -0.134. The monoisotopic (exact) mass is 882 g/mol. The van der Waals surface area contributed by atoms with E-state index in [9.17, 15) is 28.8 Å². The molecule has 0 spiro atoms. The summed E-state index contributed by atoms with van der Waals surface area (Å²) in [6, 6.07) is 17.2. The maximum Gasteiger partial charge on any atom is 0.328 e. The molecule has 8 N–H and O–H groups in total. The Morgan fingerprint density at radius 2 is 0.823 bits per heavy atom. The third-order valence-electron chi connectivity index (χ3n) is 8.16. The minimum atomic E-state index is -1.26. The predicted octanol–water partition coefficient (Wildman–Crippen LogP) is 5.58. The molecular formula is C42H38N6O12S2. The lowest BCUT2D eigenvalue weighted by Crippen LogP contribution is -1.91. The number of benzene rings is 2. The standard InChI is InChI=1S/2C15H13N3S.3C4H4O4/c2*1-2-4-12-10(3-1)7-13-15(12)18-14(19-13)6-5-11-8-16-9-17-11;3*5-3(6)1-2-4(7)8/h2*1-4,8-9H,5-7H2,(H,16,17);3*1-2H,(H,5,6)(H,7,8)/b;;3*2-1+. The van der Waals surface area contributed by atoms with Crippen molar-refractivity contribution in [2.24, 2.45) is 0 Å². The highest BCUT2D eigenvalue weighted by Gasteiger charge is 2.23. The fourth-order valence-electron chi connectivity index (χ4n) is 5.59. The number of nitrogens with zero attached hydrogens (tertiary/aromatic N) is 4. The molecule has 0 radical (unpaired) electrons. The van der Waals surface area contributed by atoms with Crippen molar-refractivity contribution in [3.8, 4) is 22.5 Å². The third kappa shape index (κ3) is 15.7. The topological polar surface area (TPSA) is 307 Å². The van der Waals surface area contributed by atoms with Gasteiger partial charge in [0.15, 0.2) is 0 Å². The van der Waals surface area contributed by atoms with Gasteiger partial charge in [-0.25, -0.2) is 48.7 Å². The molecule has 4 heterocycles. The molecule has 20 heteroatoms. The number of hydrogen-bond acceptors (Lipinski definition) is 12. The Morgan fingerprint density at radius 3 is 1.11 bits per heavy atom. The van der Waals surface area contributed by atoms with Crippen molar-refractivity contribution in [2.75, 3.05) is 0 Å². The van der Waals surface area contributed by atoms with E-state index in [0.29, 0.717) is 36.5 Å². The average molecular weight is 883 g/mol. The number of carbonyl (C=O) groups is 6. The minimum Gasteiger partial charge on any atom is -0.478 e. The summed E-state index contributed by atoms with van der Waals surface area (Å²) in [6.07, 6.45) is 16.6. The average Bonchev–Trinajstić information content (AvgIpc) is 4.09. The second-order valence-corrected chi connectivity index (χ2v) is 14.9. The van der Waals surface area contributed by atoms with Gasteiger partial charge in [0.1, 0.15) is 0 Å². The molecule has 0 bridgehead atoms. The van der Waals surface area contributed by atoms with Crippen LogP contribution in [-0.2, 0) is 67.3 Å². The van der Waals surface area contributed by atoms with Crippen LogP contribution in [0.1, 0.15) is 42.3 Å². The summed E-state index contributed by atoms with van der Waals surface area (Å²) in [7, 11) is 0. The Kier molecular flexibility index (Phi) is 17.9. The van der Waals surface area contributed by atoms with Crippen LogP contribution in [0.3, 0.4) is 0 Å². The molecule has 0 saturated heterocycles. The first-order valence-electron chi connectivity index (χ1n) is 18.2. The second-order valence-electron chi connectivity index (χ2n) is 12.6. The van der Waals surface area contributed by atoms with Crippen LogP contribution in [-0.4, -0.2) is 96.4 Å². The molecule has 18 nitrogen and oxygen atoms in total. The van der Waals surface area contributed by atoms with E-state index in [-0.39, 0.29) is 0 Å². The van der Waals surface area contributed by atoms with Crippen molar-refractivity contribution in [1.29, 1.82) is 0 Å². The number of hydrogen-bond donors (Lipinski definition) is 8. The van der Waals surface area contributed by atoms with Crippen molar-refractivity contribution in [1.82, 2.24) is 29.9 Å². The number of aliphatic carboxylic acids is 6. The second kappa shape index (κ2) is 23.7. The summed E-state index contributed by atoms with van der Waals surface area (Å²) in [5.74, 6) is -7.54. The fraction of sp³-hybridized carbons (Fsp3) is 0.143. The quantitative estimate of drug-likeness (QED) is 0.0694. The predicted molar refractivity (Wildman–Crippen MR) is 226 cm³/mol. The summed E-state index contributed by atoms with van der Waals surface area (Å²) in [5.41, 5.74) is 10.2. The first-order valence-corrected chi connectivity index (χ1v) is 19.8. The minimum absolute atomic E-state index is 0.558. The fourth-order valence-corrected chi connectivity index (χ4v) is 7.80. The first kappa shape index (κ1) is 46.8. The van der Waals surface area contributed by atoms with Crippen LogP contribution in [0, 0.1) is 0 Å². The molecule has 0 aliphatic heterocycles. The number of nitrogens with one attached hydrogen (secondary N) is 2. The molecule has 2 aliphatic carbocycles. The molecular weight excluding hydrogens is 845 g/mol. The zero-order valence-electron chi connectivity index (χ0n) is 32.4. The van der Waals surface area contributed by atoms with Gasteiger partial charge in [-0.3, -0.25) is 0 Å². The van der Waals surface area contributed by atoms with Crippen LogP contribution >= 0.6 is 22.7 Å². The van der Waals surface area contributed by atoms with Gasteiger partial charge in [-0.1, -0.05) is 48.5 Å². The molecule has 62 heavy (non-hydrogen) atoms. The molecule has 4 aromatic heterocycles. The summed E-state index contributed by atoms with van der Waals surface area (Å²) >= 11 is 3.71. The number of imidazole rings is 2. The normalized spacial score (nSPS) is 11.3. The number of aromatic nitrogens is 6. The number of carboxylic acid groups (broad SMARTS) is 6. The molecule has 8 rings (SSSR count). The number of carboxylic acids is 6. The molecule has 0 unspecified atom stereocenters. The highest BCUT2D eigenvalue weighted by Crippen LogP contribution is 2.40. The number of thiazole rings is 2. The zero-order valence-corrected chi connectivity index (χ0v) is 34.0. The van der Waals surface area contributed by atoms with E-state index in [4.69, 9.17) is 40.6 Å². The molecule has 320 valence electrons. The van der Waals surface area contributed by atoms with Gasteiger partial charge in [-0.15, -0.1) is 22.7 Å². The molecule has 0 fully saturated rings. The van der Waals surface area contributed by atoms with Crippen molar-refractivity contribution < 1.29 is 59.4 Å². The van der Waals surface area contributed by atoms with Gasteiger partial charge in [-0.05, 0) is 24.0 Å². The van der Waals surface area contributed by atoms with E-state index in [0.717, 1.165) is 38.5 Å². The SMILES string of the molecule is O=C(O)/C=C/C(=O)O.O=C(O)/C=C/C(=O)O.O=C(O)/C=C/C(=O)O.c1ccc2c(c1)Cc1sc(CCc3cnc[nH]3)nc1-2.c1ccc2c(c1)Cc1sc(CCc3cnc[nH]3)nc1-2. The largest absolute Gasteiger partial charge is 0.478 e. The molecule has 0 saturated carbocycles.